The number of imidazole rings is 1. The third kappa shape index (κ3) is 3.84. The summed E-state index contributed by atoms with van der Waals surface area (Å²) in [6, 6.07) is 2.66. The van der Waals surface area contributed by atoms with Crippen LogP contribution in [0.1, 0.15) is 23.2 Å². The van der Waals surface area contributed by atoms with Crippen LogP contribution in [0.2, 0.25) is 0 Å². The SMILES string of the molecule is Cl.Cl.O=C(NC1CCCNC1)c1cc(F)cc2[nH]cnc12. The minimum atomic E-state index is -0.441. The average Bonchev–Trinajstić information content (AvgIpc) is 2.86. The predicted octanol–water partition coefficient (Wildman–Crippen LogP) is 2.03. The van der Waals surface area contributed by atoms with Crippen molar-refractivity contribution in [3.63, 3.8) is 0 Å². The highest BCUT2D eigenvalue weighted by Gasteiger charge is 2.19. The fourth-order valence-electron chi connectivity index (χ4n) is 2.43. The van der Waals surface area contributed by atoms with Gasteiger partial charge in [-0.15, -0.1) is 24.8 Å². The van der Waals surface area contributed by atoms with Crippen LogP contribution < -0.4 is 10.6 Å². The van der Waals surface area contributed by atoms with Gasteiger partial charge in [-0.05, 0) is 31.5 Å². The van der Waals surface area contributed by atoms with Gasteiger partial charge >= 0.3 is 0 Å². The second kappa shape index (κ2) is 7.59. The van der Waals surface area contributed by atoms with Gasteiger partial charge in [0.15, 0.2) is 0 Å². The average molecular weight is 335 g/mol. The second-order valence-corrected chi connectivity index (χ2v) is 4.77. The molecular weight excluding hydrogens is 318 g/mol. The van der Waals surface area contributed by atoms with Crippen LogP contribution in [-0.2, 0) is 0 Å². The van der Waals surface area contributed by atoms with Gasteiger partial charge in [0.25, 0.3) is 5.91 Å². The van der Waals surface area contributed by atoms with Gasteiger partial charge in [-0.3, -0.25) is 4.79 Å². The number of aromatic nitrogens is 2. The number of benzene rings is 1. The Morgan fingerprint density at radius 2 is 2.19 bits per heavy atom. The predicted molar refractivity (Wildman–Crippen MR) is 83.9 cm³/mol. The lowest BCUT2D eigenvalue weighted by Crippen LogP contribution is -2.45. The van der Waals surface area contributed by atoms with Gasteiger partial charge < -0.3 is 15.6 Å². The lowest BCUT2D eigenvalue weighted by Gasteiger charge is -2.23. The van der Waals surface area contributed by atoms with Crippen molar-refractivity contribution >= 4 is 41.8 Å². The van der Waals surface area contributed by atoms with Crippen molar-refractivity contribution in [3.05, 3.63) is 29.8 Å². The highest BCUT2D eigenvalue weighted by atomic mass is 35.5. The van der Waals surface area contributed by atoms with Crippen LogP contribution >= 0.6 is 24.8 Å². The zero-order valence-corrected chi connectivity index (χ0v) is 12.8. The normalized spacial score (nSPS) is 17.7. The zero-order chi connectivity index (χ0) is 13.2. The molecule has 3 N–H and O–H groups in total. The fourth-order valence-corrected chi connectivity index (χ4v) is 2.43. The number of amides is 1. The van der Waals surface area contributed by atoms with E-state index in [9.17, 15) is 9.18 Å². The molecule has 1 atom stereocenters. The molecule has 1 aliphatic rings. The number of carbonyl (C=O) groups is 1. The Hall–Kier alpha value is -1.37. The number of rotatable bonds is 2. The molecule has 1 saturated heterocycles. The van der Waals surface area contributed by atoms with Crippen LogP contribution in [0.3, 0.4) is 0 Å². The molecule has 0 radical (unpaired) electrons. The van der Waals surface area contributed by atoms with Gasteiger partial charge in [0.2, 0.25) is 0 Å². The van der Waals surface area contributed by atoms with E-state index in [1.807, 2.05) is 0 Å². The molecule has 21 heavy (non-hydrogen) atoms. The molecule has 8 heteroatoms. The lowest BCUT2D eigenvalue weighted by molar-refractivity contribution is 0.0932. The maximum absolute atomic E-state index is 13.5. The highest BCUT2D eigenvalue weighted by Crippen LogP contribution is 2.17. The first kappa shape index (κ1) is 17.7. The Morgan fingerprint density at radius 3 is 2.90 bits per heavy atom. The summed E-state index contributed by atoms with van der Waals surface area (Å²) in [5.74, 6) is -0.714. The van der Waals surface area contributed by atoms with Gasteiger partial charge in [0.05, 0.1) is 17.4 Å². The monoisotopic (exact) mass is 334 g/mol. The van der Waals surface area contributed by atoms with Gasteiger partial charge in [-0.1, -0.05) is 0 Å². The Balaban J connectivity index is 0.00000110. The number of H-pyrrole nitrogens is 1. The summed E-state index contributed by atoms with van der Waals surface area (Å²) in [4.78, 5) is 19.1. The van der Waals surface area contributed by atoms with E-state index in [-0.39, 0.29) is 42.3 Å². The topological polar surface area (TPSA) is 69.8 Å². The van der Waals surface area contributed by atoms with Crippen LogP contribution in [0.25, 0.3) is 11.0 Å². The summed E-state index contributed by atoms with van der Waals surface area (Å²) in [7, 11) is 0. The Kier molecular flexibility index (Phi) is 6.39. The van der Waals surface area contributed by atoms with Crippen molar-refractivity contribution in [1.29, 1.82) is 0 Å². The number of hydrogen-bond acceptors (Lipinski definition) is 3. The van der Waals surface area contributed by atoms with Crippen molar-refractivity contribution in [2.24, 2.45) is 0 Å². The highest BCUT2D eigenvalue weighted by molar-refractivity contribution is 6.04. The van der Waals surface area contributed by atoms with Crippen molar-refractivity contribution < 1.29 is 9.18 Å². The summed E-state index contributed by atoms with van der Waals surface area (Å²) in [6.45, 7) is 1.74. The zero-order valence-electron chi connectivity index (χ0n) is 11.2. The van der Waals surface area contributed by atoms with Crippen LogP contribution in [0, 0.1) is 5.82 Å². The lowest BCUT2D eigenvalue weighted by atomic mass is 10.1. The van der Waals surface area contributed by atoms with Crippen molar-refractivity contribution in [1.82, 2.24) is 20.6 Å². The fraction of sp³-hybridized carbons (Fsp3) is 0.385. The number of nitrogens with zero attached hydrogens (tertiary/aromatic N) is 1. The van der Waals surface area contributed by atoms with E-state index < -0.39 is 5.82 Å². The summed E-state index contributed by atoms with van der Waals surface area (Å²) in [6.07, 6.45) is 3.44. The quantitative estimate of drug-likeness (QED) is 0.787. The molecule has 1 aromatic carbocycles. The molecule has 1 aromatic heterocycles. The molecule has 1 amide bonds. The Morgan fingerprint density at radius 1 is 1.38 bits per heavy atom. The van der Waals surface area contributed by atoms with Gasteiger partial charge in [0.1, 0.15) is 11.3 Å². The van der Waals surface area contributed by atoms with Crippen molar-refractivity contribution in [3.8, 4) is 0 Å². The van der Waals surface area contributed by atoms with E-state index in [4.69, 9.17) is 0 Å². The standard InChI is InChI=1S/C13H15FN4O.2ClH/c14-8-4-10(12-11(5-8)16-7-17-12)13(19)18-9-2-1-3-15-6-9;;/h4-5,7,9,15H,1-3,6H2,(H,16,17)(H,18,19);2*1H. The summed E-state index contributed by atoms with van der Waals surface area (Å²) < 4.78 is 13.5. The van der Waals surface area contributed by atoms with Crippen molar-refractivity contribution in [2.45, 2.75) is 18.9 Å². The number of nitrogens with one attached hydrogen (secondary N) is 3. The Bertz CT molecular complexity index is 613. The molecule has 5 nitrogen and oxygen atoms in total. The summed E-state index contributed by atoms with van der Waals surface area (Å²) in [5, 5.41) is 6.15. The first-order valence-electron chi connectivity index (χ1n) is 6.38. The van der Waals surface area contributed by atoms with E-state index in [0.29, 0.717) is 11.0 Å². The molecule has 0 bridgehead atoms. The molecule has 1 aliphatic heterocycles. The second-order valence-electron chi connectivity index (χ2n) is 4.77. The van der Waals surface area contributed by atoms with Crippen LogP contribution in [0.5, 0.6) is 0 Å². The van der Waals surface area contributed by atoms with E-state index >= 15 is 0 Å². The molecule has 3 rings (SSSR count). The molecule has 116 valence electrons. The molecule has 0 spiro atoms. The van der Waals surface area contributed by atoms with E-state index in [1.54, 1.807) is 0 Å². The largest absolute Gasteiger partial charge is 0.348 e. The Labute approximate surface area is 133 Å². The number of piperidine rings is 1. The van der Waals surface area contributed by atoms with E-state index in [0.717, 1.165) is 25.9 Å². The van der Waals surface area contributed by atoms with Gasteiger partial charge in [-0.2, -0.15) is 0 Å². The number of fused-ring (bicyclic) bond motifs is 1. The maximum Gasteiger partial charge on any atom is 0.253 e. The molecule has 1 unspecified atom stereocenters. The third-order valence-electron chi connectivity index (χ3n) is 3.37. The first-order chi connectivity index (χ1) is 9.24. The molecule has 1 fully saturated rings. The van der Waals surface area contributed by atoms with Crippen LogP contribution in [0.15, 0.2) is 18.5 Å². The number of halogens is 3. The third-order valence-corrected chi connectivity index (χ3v) is 3.37. The van der Waals surface area contributed by atoms with Gasteiger partial charge in [0, 0.05) is 12.6 Å². The van der Waals surface area contributed by atoms with Crippen LogP contribution in [0.4, 0.5) is 4.39 Å². The van der Waals surface area contributed by atoms with Crippen LogP contribution in [-0.4, -0.2) is 35.0 Å². The minimum absolute atomic E-state index is 0. The number of carbonyl (C=O) groups excluding carboxylic acids is 1. The molecule has 0 aliphatic carbocycles. The smallest absolute Gasteiger partial charge is 0.253 e. The molecular formula is C13H17Cl2FN4O. The van der Waals surface area contributed by atoms with E-state index in [1.165, 1.54) is 18.5 Å². The maximum atomic E-state index is 13.5. The first-order valence-corrected chi connectivity index (χ1v) is 6.38. The van der Waals surface area contributed by atoms with Gasteiger partial charge in [-0.25, -0.2) is 9.37 Å². The number of hydrogen-bond donors (Lipinski definition) is 3. The minimum Gasteiger partial charge on any atom is -0.348 e. The molecule has 2 heterocycles. The van der Waals surface area contributed by atoms with Crippen molar-refractivity contribution in [2.75, 3.05) is 13.1 Å². The van der Waals surface area contributed by atoms with E-state index in [2.05, 4.69) is 20.6 Å². The molecule has 2 aromatic rings. The summed E-state index contributed by atoms with van der Waals surface area (Å²) in [5.41, 5.74) is 1.32. The molecule has 0 saturated carbocycles. The summed E-state index contributed by atoms with van der Waals surface area (Å²) >= 11 is 0. The number of aromatic amines is 1.